The van der Waals surface area contributed by atoms with Crippen LogP contribution in [0.3, 0.4) is 0 Å². The van der Waals surface area contributed by atoms with Crippen molar-refractivity contribution in [3.8, 4) is 0 Å². The number of nitrogens with two attached hydrogens (primary N) is 3. The van der Waals surface area contributed by atoms with Gasteiger partial charge in [0, 0.05) is 6.54 Å². The first kappa shape index (κ1) is 29.1. The second kappa shape index (κ2) is 14.2. The number of carbonyl (C=O) groups is 4. The van der Waals surface area contributed by atoms with Crippen molar-refractivity contribution >= 4 is 29.7 Å². The second-order valence-electron chi connectivity index (χ2n) is 8.23. The van der Waals surface area contributed by atoms with Crippen molar-refractivity contribution in [2.24, 2.45) is 34.0 Å². The largest absolute Gasteiger partial charge is 0.480 e. The van der Waals surface area contributed by atoms with E-state index in [9.17, 15) is 24.3 Å². The summed E-state index contributed by atoms with van der Waals surface area (Å²) in [5, 5.41) is 17.0. The van der Waals surface area contributed by atoms with Crippen molar-refractivity contribution in [1.82, 2.24) is 16.0 Å². The van der Waals surface area contributed by atoms with Crippen LogP contribution in [0.5, 0.6) is 0 Å². The Kier molecular flexibility index (Phi) is 12.9. The number of carbonyl (C=O) groups excluding carboxylic acids is 3. The Morgan fingerprint density at radius 1 is 0.906 bits per heavy atom. The van der Waals surface area contributed by atoms with E-state index in [0.29, 0.717) is 25.8 Å². The summed E-state index contributed by atoms with van der Waals surface area (Å²) in [7, 11) is 0. The van der Waals surface area contributed by atoms with Crippen LogP contribution in [-0.4, -0.2) is 65.5 Å². The van der Waals surface area contributed by atoms with Crippen LogP contribution in [0.25, 0.3) is 0 Å². The Labute approximate surface area is 189 Å². The number of rotatable bonds is 14. The molecule has 0 aliphatic rings. The van der Waals surface area contributed by atoms with Gasteiger partial charge in [0.1, 0.15) is 18.1 Å². The van der Waals surface area contributed by atoms with E-state index in [4.69, 9.17) is 17.2 Å². The molecule has 5 unspecified atom stereocenters. The highest BCUT2D eigenvalue weighted by Gasteiger charge is 2.32. The van der Waals surface area contributed by atoms with Gasteiger partial charge in [0.2, 0.25) is 17.7 Å². The highest BCUT2D eigenvalue weighted by Crippen LogP contribution is 2.10. The highest BCUT2D eigenvalue weighted by atomic mass is 16.4. The van der Waals surface area contributed by atoms with Crippen molar-refractivity contribution in [3.63, 3.8) is 0 Å². The monoisotopic (exact) mass is 457 g/mol. The van der Waals surface area contributed by atoms with Crippen LogP contribution in [0.2, 0.25) is 0 Å². The number of guanidine groups is 1. The van der Waals surface area contributed by atoms with Gasteiger partial charge in [0.15, 0.2) is 5.96 Å². The average molecular weight is 458 g/mol. The van der Waals surface area contributed by atoms with Crippen molar-refractivity contribution in [2.45, 2.75) is 78.0 Å². The van der Waals surface area contributed by atoms with Crippen molar-refractivity contribution < 1.29 is 24.3 Å². The molecule has 0 fully saturated rings. The van der Waals surface area contributed by atoms with Crippen molar-refractivity contribution in [3.05, 3.63) is 0 Å². The molecule has 0 aromatic carbocycles. The first-order valence-electron chi connectivity index (χ1n) is 10.8. The van der Waals surface area contributed by atoms with E-state index < -0.39 is 47.9 Å². The molecule has 0 spiro atoms. The summed E-state index contributed by atoms with van der Waals surface area (Å²) in [5.41, 5.74) is 16.3. The zero-order valence-electron chi connectivity index (χ0n) is 19.6. The lowest BCUT2D eigenvalue weighted by atomic mass is 9.97. The number of carboxylic acid groups (broad SMARTS) is 1. The van der Waals surface area contributed by atoms with Crippen LogP contribution < -0.4 is 33.2 Å². The van der Waals surface area contributed by atoms with E-state index in [1.807, 2.05) is 6.92 Å². The summed E-state index contributed by atoms with van der Waals surface area (Å²) in [5.74, 6) is -3.50. The van der Waals surface area contributed by atoms with E-state index in [2.05, 4.69) is 20.9 Å². The topological polar surface area (TPSA) is 215 Å². The Morgan fingerprint density at radius 3 is 1.94 bits per heavy atom. The molecule has 3 amide bonds. The lowest BCUT2D eigenvalue weighted by Crippen LogP contribution is -2.58. The highest BCUT2D eigenvalue weighted by molar-refractivity contribution is 5.94. The van der Waals surface area contributed by atoms with Gasteiger partial charge in [-0.1, -0.05) is 34.1 Å². The molecule has 10 N–H and O–H groups in total. The fraction of sp³-hybridized carbons (Fsp3) is 0.750. The molecule has 184 valence electrons. The molecule has 0 saturated heterocycles. The van der Waals surface area contributed by atoms with E-state index in [-0.39, 0.29) is 17.8 Å². The van der Waals surface area contributed by atoms with Crippen LogP contribution >= 0.6 is 0 Å². The summed E-state index contributed by atoms with van der Waals surface area (Å²) in [6.07, 6.45) is 1.37. The molecule has 32 heavy (non-hydrogen) atoms. The van der Waals surface area contributed by atoms with E-state index in [1.165, 1.54) is 6.92 Å². The molecule has 0 saturated carbocycles. The SMILES string of the molecule is CCC(C)C(NC(=O)C(NC(=O)C(C)NC(=O)C(N)CCCN=C(N)N)C(C)C)C(=O)O. The van der Waals surface area contributed by atoms with Gasteiger partial charge >= 0.3 is 5.97 Å². The fourth-order valence-electron chi connectivity index (χ4n) is 2.78. The van der Waals surface area contributed by atoms with Gasteiger partial charge in [0.05, 0.1) is 6.04 Å². The van der Waals surface area contributed by atoms with Crippen LogP contribution in [0, 0.1) is 11.8 Å². The maximum absolute atomic E-state index is 12.7. The third-order valence-electron chi connectivity index (χ3n) is 5.08. The van der Waals surface area contributed by atoms with Gasteiger partial charge in [-0.15, -0.1) is 0 Å². The summed E-state index contributed by atoms with van der Waals surface area (Å²) in [6, 6.07) is -3.85. The summed E-state index contributed by atoms with van der Waals surface area (Å²) >= 11 is 0. The molecule has 0 aliphatic heterocycles. The average Bonchev–Trinajstić information content (AvgIpc) is 2.71. The van der Waals surface area contributed by atoms with Gasteiger partial charge in [-0.2, -0.15) is 0 Å². The predicted octanol–water partition coefficient (Wildman–Crippen LogP) is -1.37. The summed E-state index contributed by atoms with van der Waals surface area (Å²) in [4.78, 5) is 52.8. The number of aliphatic imine (C=N–C) groups is 1. The Bertz CT molecular complexity index is 679. The number of amides is 3. The molecule has 5 atom stereocenters. The van der Waals surface area contributed by atoms with Gasteiger partial charge in [-0.3, -0.25) is 19.4 Å². The van der Waals surface area contributed by atoms with Crippen LogP contribution in [0.1, 0.15) is 53.9 Å². The number of hydrogen-bond acceptors (Lipinski definition) is 6. The third-order valence-corrected chi connectivity index (χ3v) is 5.08. The first-order valence-corrected chi connectivity index (χ1v) is 10.8. The molecule has 0 radical (unpaired) electrons. The van der Waals surface area contributed by atoms with E-state index in [1.54, 1.807) is 20.8 Å². The van der Waals surface area contributed by atoms with Crippen molar-refractivity contribution in [1.29, 1.82) is 0 Å². The van der Waals surface area contributed by atoms with E-state index >= 15 is 0 Å². The molecule has 0 aromatic heterocycles. The lowest BCUT2D eigenvalue weighted by Gasteiger charge is -2.27. The minimum atomic E-state index is -1.14. The zero-order chi connectivity index (χ0) is 25.0. The van der Waals surface area contributed by atoms with Crippen molar-refractivity contribution in [2.75, 3.05) is 6.54 Å². The molecule has 12 heteroatoms. The number of nitrogens with one attached hydrogen (secondary N) is 3. The molecule has 0 heterocycles. The third kappa shape index (κ3) is 10.4. The van der Waals surface area contributed by atoms with Gasteiger partial charge in [-0.25, -0.2) is 4.79 Å². The van der Waals surface area contributed by atoms with Crippen LogP contribution in [-0.2, 0) is 19.2 Å². The Hall–Kier alpha value is -2.89. The molecule has 0 rings (SSSR count). The maximum Gasteiger partial charge on any atom is 0.326 e. The van der Waals surface area contributed by atoms with E-state index in [0.717, 1.165) is 0 Å². The lowest BCUT2D eigenvalue weighted by molar-refractivity contribution is -0.144. The molecular formula is C20H39N7O5. The molecule has 12 nitrogen and oxygen atoms in total. The first-order chi connectivity index (χ1) is 14.8. The quantitative estimate of drug-likeness (QED) is 0.0935. The Morgan fingerprint density at radius 2 is 1.47 bits per heavy atom. The minimum Gasteiger partial charge on any atom is -0.480 e. The van der Waals surface area contributed by atoms with Crippen LogP contribution in [0.15, 0.2) is 4.99 Å². The standard InChI is InChI=1S/C20H39N7O5/c1-6-11(4)15(19(31)32)27-18(30)14(10(2)3)26-16(28)12(5)25-17(29)13(21)8-7-9-24-20(22)23/h10-15H,6-9,21H2,1-5H3,(H,25,29)(H,26,28)(H,27,30)(H,31,32)(H4,22,23,24). The summed E-state index contributed by atoms with van der Waals surface area (Å²) in [6.45, 7) is 8.79. The number of aliphatic carboxylic acids is 1. The van der Waals surface area contributed by atoms with Gasteiger partial charge < -0.3 is 38.3 Å². The van der Waals surface area contributed by atoms with Gasteiger partial charge in [0.25, 0.3) is 0 Å². The molecule has 0 bridgehead atoms. The molecule has 0 aliphatic carbocycles. The zero-order valence-corrected chi connectivity index (χ0v) is 19.6. The van der Waals surface area contributed by atoms with Crippen LogP contribution in [0.4, 0.5) is 0 Å². The number of nitrogens with zero attached hydrogens (tertiary/aromatic N) is 1. The normalized spacial score (nSPS) is 15.6. The molecular weight excluding hydrogens is 418 g/mol. The van der Waals surface area contributed by atoms with Gasteiger partial charge in [-0.05, 0) is 31.6 Å². The Balaban J connectivity index is 4.92. The smallest absolute Gasteiger partial charge is 0.326 e. The predicted molar refractivity (Wildman–Crippen MR) is 121 cm³/mol. The number of carboxylic acids is 1. The number of hydrogen-bond donors (Lipinski definition) is 7. The summed E-state index contributed by atoms with van der Waals surface area (Å²) < 4.78 is 0. The minimum absolute atomic E-state index is 0.0455. The fourth-order valence-corrected chi connectivity index (χ4v) is 2.78. The molecule has 0 aromatic rings. The second-order valence-corrected chi connectivity index (χ2v) is 8.23. The maximum atomic E-state index is 12.7.